The number of benzene rings is 4. The van der Waals surface area contributed by atoms with Crippen LogP contribution in [0.1, 0.15) is 17.2 Å². The molecule has 1 heterocycles. The Balaban J connectivity index is 1.35. The molecule has 0 aromatic heterocycles. The van der Waals surface area contributed by atoms with Gasteiger partial charge in [0.25, 0.3) is 0 Å². The molecule has 1 aliphatic rings. The molecule has 0 aliphatic carbocycles. The fraction of sp³-hybridized carbons (Fsp3) is 0.167. The van der Waals surface area contributed by atoms with Crippen molar-refractivity contribution in [2.75, 3.05) is 6.61 Å². The number of ether oxygens (including phenoxy) is 1. The molecule has 5 rings (SSSR count). The second-order valence-electron chi connectivity index (χ2n) is 9.02. The van der Waals surface area contributed by atoms with Crippen LogP contribution >= 0.6 is 19.6 Å². The fourth-order valence-electron chi connectivity index (χ4n) is 4.07. The maximum absolute atomic E-state index is 14.9. The Bertz CT molecular complexity index is 1450. The number of amides is 1. The van der Waals surface area contributed by atoms with Crippen LogP contribution in [-0.2, 0) is 20.3 Å². The van der Waals surface area contributed by atoms with E-state index in [-0.39, 0.29) is 34.8 Å². The van der Waals surface area contributed by atoms with E-state index in [1.807, 2.05) is 0 Å². The van der Waals surface area contributed by atoms with Gasteiger partial charge in [-0.2, -0.15) is 0 Å². The summed E-state index contributed by atoms with van der Waals surface area (Å²) in [5.41, 5.74) is 0.0802. The lowest BCUT2D eigenvalue weighted by molar-refractivity contribution is -0.121. The quantitative estimate of drug-likeness (QED) is 0.185. The molecule has 212 valence electrons. The van der Waals surface area contributed by atoms with Crippen molar-refractivity contribution in [2.45, 2.75) is 23.3 Å². The Labute approximate surface area is 241 Å². The molecule has 0 spiro atoms. The summed E-state index contributed by atoms with van der Waals surface area (Å²) < 4.78 is 52.3. The number of carbonyl (C=O) groups is 1. The smallest absolute Gasteiger partial charge is 0.490 e. The standard InChI is InChI=1S/C30H27FNO7PS/c31-26-14-8-7-13-25(26)27(20-36-22-17-15-21(16-18-22)19-28-29(33)32-30(34)41-28)39-40(35,37-23-9-3-1-4-10-23)38-24-11-5-2-6-12-24/h1-18,27-28,30,34H,19-20H2,(H,32,33). The van der Waals surface area contributed by atoms with Crippen LogP contribution in [0.5, 0.6) is 17.2 Å². The van der Waals surface area contributed by atoms with Gasteiger partial charge in [0.2, 0.25) is 5.91 Å². The van der Waals surface area contributed by atoms with Crippen LogP contribution in [0.2, 0.25) is 0 Å². The Kier molecular flexibility index (Phi) is 9.26. The predicted molar refractivity (Wildman–Crippen MR) is 153 cm³/mol. The number of phosphoric ester groups is 1. The van der Waals surface area contributed by atoms with E-state index in [9.17, 15) is 18.9 Å². The maximum Gasteiger partial charge on any atom is 0.588 e. The minimum absolute atomic E-state index is 0.112. The zero-order chi connectivity index (χ0) is 28.7. The zero-order valence-electron chi connectivity index (χ0n) is 21.7. The highest BCUT2D eigenvalue weighted by Gasteiger charge is 2.37. The van der Waals surface area contributed by atoms with Gasteiger partial charge < -0.3 is 24.2 Å². The largest absolute Gasteiger partial charge is 0.588 e. The van der Waals surface area contributed by atoms with Gasteiger partial charge in [-0.1, -0.05) is 78.5 Å². The van der Waals surface area contributed by atoms with Crippen molar-refractivity contribution >= 4 is 25.5 Å². The molecular formula is C30H27FNO7PS. The first-order valence-electron chi connectivity index (χ1n) is 12.7. The number of thioether (sulfide) groups is 1. The van der Waals surface area contributed by atoms with Crippen molar-refractivity contribution in [3.63, 3.8) is 0 Å². The first-order chi connectivity index (χ1) is 19.9. The molecule has 1 fully saturated rings. The summed E-state index contributed by atoms with van der Waals surface area (Å²) >= 11 is 1.15. The summed E-state index contributed by atoms with van der Waals surface area (Å²) in [6.07, 6.45) is -0.736. The van der Waals surface area contributed by atoms with E-state index in [0.29, 0.717) is 12.2 Å². The molecule has 2 N–H and O–H groups in total. The fourth-order valence-corrected chi connectivity index (χ4v) is 6.41. The number of para-hydroxylation sites is 2. The van der Waals surface area contributed by atoms with Gasteiger partial charge in [0.05, 0.1) is 5.25 Å². The Morgan fingerprint density at radius 1 is 0.829 bits per heavy atom. The molecule has 11 heteroatoms. The minimum atomic E-state index is -4.37. The number of phosphoric acid groups is 1. The molecular weight excluding hydrogens is 568 g/mol. The molecule has 1 amide bonds. The monoisotopic (exact) mass is 595 g/mol. The number of halogens is 1. The van der Waals surface area contributed by atoms with E-state index in [4.69, 9.17) is 18.3 Å². The van der Waals surface area contributed by atoms with Gasteiger partial charge in [0.1, 0.15) is 35.8 Å². The molecule has 3 unspecified atom stereocenters. The van der Waals surface area contributed by atoms with Gasteiger partial charge in [0.15, 0.2) is 5.56 Å². The molecule has 1 saturated heterocycles. The second kappa shape index (κ2) is 13.2. The molecule has 3 atom stereocenters. The number of rotatable bonds is 12. The minimum Gasteiger partial charge on any atom is -0.490 e. The molecule has 0 radical (unpaired) electrons. The third kappa shape index (κ3) is 7.89. The van der Waals surface area contributed by atoms with Crippen molar-refractivity contribution in [1.29, 1.82) is 0 Å². The second-order valence-corrected chi connectivity index (χ2v) is 11.8. The Morgan fingerprint density at radius 3 is 1.98 bits per heavy atom. The van der Waals surface area contributed by atoms with Gasteiger partial charge in [-0.25, -0.2) is 8.96 Å². The van der Waals surface area contributed by atoms with Crippen molar-refractivity contribution in [1.82, 2.24) is 5.32 Å². The van der Waals surface area contributed by atoms with Gasteiger partial charge in [-0.15, -0.1) is 0 Å². The van der Waals surface area contributed by atoms with Gasteiger partial charge in [-0.05, 0) is 54.4 Å². The summed E-state index contributed by atoms with van der Waals surface area (Å²) in [5.74, 6) is 0.156. The molecule has 4 aromatic rings. The summed E-state index contributed by atoms with van der Waals surface area (Å²) in [6.45, 7) is -0.215. The molecule has 1 aliphatic heterocycles. The lowest BCUT2D eigenvalue weighted by Crippen LogP contribution is -2.27. The van der Waals surface area contributed by atoms with Crippen LogP contribution in [0.25, 0.3) is 0 Å². The average molecular weight is 596 g/mol. The van der Waals surface area contributed by atoms with E-state index in [0.717, 1.165) is 17.3 Å². The van der Waals surface area contributed by atoms with Crippen LogP contribution in [0.3, 0.4) is 0 Å². The molecule has 0 bridgehead atoms. The summed E-state index contributed by atoms with van der Waals surface area (Å²) in [5, 5.41) is 11.7. The van der Waals surface area contributed by atoms with Crippen LogP contribution in [-0.4, -0.2) is 28.4 Å². The van der Waals surface area contributed by atoms with Crippen LogP contribution in [0, 0.1) is 5.82 Å². The highest BCUT2D eigenvalue weighted by atomic mass is 32.2. The summed E-state index contributed by atoms with van der Waals surface area (Å²) in [4.78, 5) is 11.9. The Morgan fingerprint density at radius 2 is 1.41 bits per heavy atom. The highest BCUT2D eigenvalue weighted by Crippen LogP contribution is 2.53. The number of hydrogen-bond donors (Lipinski definition) is 2. The third-order valence-corrected chi connectivity index (χ3v) is 8.49. The lowest BCUT2D eigenvalue weighted by Gasteiger charge is -2.25. The van der Waals surface area contributed by atoms with E-state index in [2.05, 4.69) is 5.32 Å². The Hall–Kier alpha value is -3.82. The van der Waals surface area contributed by atoms with E-state index in [1.54, 1.807) is 91.0 Å². The molecule has 8 nitrogen and oxygen atoms in total. The normalized spacial score (nSPS) is 17.5. The van der Waals surface area contributed by atoms with Crippen LogP contribution in [0.15, 0.2) is 109 Å². The van der Waals surface area contributed by atoms with Gasteiger partial charge in [0, 0.05) is 5.56 Å². The summed E-state index contributed by atoms with van der Waals surface area (Å²) in [6, 6.07) is 29.8. The first-order valence-corrected chi connectivity index (χ1v) is 15.1. The van der Waals surface area contributed by atoms with Crippen LogP contribution < -0.4 is 19.1 Å². The predicted octanol–water partition coefficient (Wildman–Crippen LogP) is 6.28. The van der Waals surface area contributed by atoms with E-state index < -0.39 is 25.3 Å². The highest BCUT2D eigenvalue weighted by molar-refractivity contribution is 8.01. The topological polar surface area (TPSA) is 103 Å². The van der Waals surface area contributed by atoms with Crippen molar-refractivity contribution in [3.05, 3.63) is 126 Å². The van der Waals surface area contributed by atoms with Crippen LogP contribution in [0.4, 0.5) is 4.39 Å². The number of nitrogens with one attached hydrogen (secondary N) is 1. The molecule has 4 aromatic carbocycles. The number of carbonyl (C=O) groups excluding carboxylic acids is 1. The summed E-state index contributed by atoms with van der Waals surface area (Å²) in [7, 11) is -4.37. The maximum atomic E-state index is 14.9. The molecule has 41 heavy (non-hydrogen) atoms. The van der Waals surface area contributed by atoms with Gasteiger partial charge >= 0.3 is 7.82 Å². The zero-order valence-corrected chi connectivity index (χ0v) is 23.4. The number of hydrogen-bond acceptors (Lipinski definition) is 8. The third-order valence-electron chi connectivity index (χ3n) is 6.03. The van der Waals surface area contributed by atoms with Crippen molar-refractivity contribution in [2.24, 2.45) is 0 Å². The first kappa shape index (κ1) is 28.7. The average Bonchev–Trinajstić information content (AvgIpc) is 3.29. The lowest BCUT2D eigenvalue weighted by atomic mass is 10.1. The molecule has 0 saturated carbocycles. The number of aliphatic hydroxyl groups is 1. The van der Waals surface area contributed by atoms with Gasteiger partial charge in [-0.3, -0.25) is 9.32 Å². The van der Waals surface area contributed by atoms with E-state index in [1.165, 1.54) is 18.2 Å². The van der Waals surface area contributed by atoms with Crippen molar-refractivity contribution in [3.8, 4) is 17.2 Å². The van der Waals surface area contributed by atoms with E-state index >= 15 is 0 Å². The SMILES string of the molecule is O=C1NC(O)SC1Cc1ccc(OCC(OP(=O)(Oc2ccccc2)Oc2ccccc2)c2ccccc2F)cc1. The number of aliphatic hydroxyl groups excluding tert-OH is 1. The van der Waals surface area contributed by atoms with Crippen molar-refractivity contribution < 1.29 is 37.2 Å².